The fourth-order valence-electron chi connectivity index (χ4n) is 0.736. The number of hydrogen-bond acceptors (Lipinski definition) is 4. The summed E-state index contributed by atoms with van der Waals surface area (Å²) in [5.41, 5.74) is 0. The van der Waals surface area contributed by atoms with E-state index in [1.54, 1.807) is 13.8 Å². The van der Waals surface area contributed by atoms with Gasteiger partial charge in [0.2, 0.25) is 0 Å². The first-order chi connectivity index (χ1) is 6.18. The molecule has 0 saturated heterocycles. The lowest BCUT2D eigenvalue weighted by Crippen LogP contribution is -2.04. The highest BCUT2D eigenvalue weighted by atomic mass is 35.5. The van der Waals surface area contributed by atoms with Crippen LogP contribution in [0.3, 0.4) is 0 Å². The van der Waals surface area contributed by atoms with E-state index in [0.717, 1.165) is 0 Å². The molecule has 0 rings (SSSR count). The quantitative estimate of drug-likeness (QED) is 0.365. The summed E-state index contributed by atoms with van der Waals surface area (Å²) in [6.45, 7) is 4.56. The molecule has 0 saturated carbocycles. The third-order valence-corrected chi connectivity index (χ3v) is 3.08. The highest BCUT2D eigenvalue weighted by molar-refractivity contribution is 7.53. The van der Waals surface area contributed by atoms with Crippen molar-refractivity contribution in [1.29, 1.82) is 0 Å². The van der Waals surface area contributed by atoms with E-state index >= 15 is 0 Å². The molecule has 13 heavy (non-hydrogen) atoms. The summed E-state index contributed by atoms with van der Waals surface area (Å²) in [4.78, 5) is 0. The highest BCUT2D eigenvalue weighted by Crippen LogP contribution is 2.47. The van der Waals surface area contributed by atoms with Gasteiger partial charge in [0, 0.05) is 5.88 Å². The van der Waals surface area contributed by atoms with E-state index < -0.39 is 7.60 Å². The van der Waals surface area contributed by atoms with Gasteiger partial charge in [-0.2, -0.15) is 0 Å². The second kappa shape index (κ2) is 7.77. The standard InChI is InChI=1S/C7H16ClO4P/c1-3-11-13(9,12-4-2)7-10-6-5-8/h3-7H2,1-2H3. The number of hydrogen-bond donors (Lipinski definition) is 0. The number of rotatable bonds is 8. The Kier molecular flexibility index (Phi) is 8.01. The van der Waals surface area contributed by atoms with Crippen molar-refractivity contribution >= 4 is 19.2 Å². The van der Waals surface area contributed by atoms with Gasteiger partial charge in [0.15, 0.2) is 0 Å². The van der Waals surface area contributed by atoms with Gasteiger partial charge in [-0.1, -0.05) is 0 Å². The molecule has 0 fully saturated rings. The zero-order valence-electron chi connectivity index (χ0n) is 7.99. The average molecular weight is 231 g/mol. The Bertz CT molecular complexity index is 155. The van der Waals surface area contributed by atoms with E-state index in [1.165, 1.54) is 0 Å². The second-order valence-corrected chi connectivity index (χ2v) is 4.55. The first kappa shape index (κ1) is 13.4. The molecule has 0 heterocycles. The van der Waals surface area contributed by atoms with Gasteiger partial charge in [-0.15, -0.1) is 11.6 Å². The Morgan fingerprint density at radius 3 is 2.15 bits per heavy atom. The smallest absolute Gasteiger partial charge is 0.356 e. The topological polar surface area (TPSA) is 44.8 Å². The zero-order valence-corrected chi connectivity index (χ0v) is 9.64. The molecule has 0 aliphatic heterocycles. The third-order valence-electron chi connectivity index (χ3n) is 1.12. The van der Waals surface area contributed by atoms with Crippen molar-refractivity contribution in [3.05, 3.63) is 0 Å². The van der Waals surface area contributed by atoms with Crippen molar-refractivity contribution in [2.24, 2.45) is 0 Å². The van der Waals surface area contributed by atoms with Gasteiger partial charge in [0.25, 0.3) is 0 Å². The van der Waals surface area contributed by atoms with Crippen molar-refractivity contribution in [3.63, 3.8) is 0 Å². The van der Waals surface area contributed by atoms with Crippen LogP contribution in [-0.4, -0.2) is 32.0 Å². The molecule has 0 aromatic rings. The van der Waals surface area contributed by atoms with Crippen molar-refractivity contribution in [1.82, 2.24) is 0 Å². The molecular formula is C7H16ClO4P. The van der Waals surface area contributed by atoms with Crippen LogP contribution in [-0.2, 0) is 18.3 Å². The maximum Gasteiger partial charge on any atom is 0.356 e. The van der Waals surface area contributed by atoms with E-state index in [0.29, 0.717) is 25.7 Å². The van der Waals surface area contributed by atoms with Gasteiger partial charge in [-0.25, -0.2) is 0 Å². The lowest BCUT2D eigenvalue weighted by molar-refractivity contribution is 0.142. The molecule has 0 N–H and O–H groups in total. The van der Waals surface area contributed by atoms with Crippen LogP contribution in [0.1, 0.15) is 13.8 Å². The summed E-state index contributed by atoms with van der Waals surface area (Å²) in [7, 11) is -3.03. The Labute approximate surface area is 84.0 Å². The van der Waals surface area contributed by atoms with Crippen molar-refractivity contribution in [2.75, 3.05) is 32.0 Å². The van der Waals surface area contributed by atoms with Gasteiger partial charge >= 0.3 is 7.60 Å². The van der Waals surface area contributed by atoms with Crippen LogP contribution in [0, 0.1) is 0 Å². The van der Waals surface area contributed by atoms with Crippen LogP contribution in [0.25, 0.3) is 0 Å². The lowest BCUT2D eigenvalue weighted by Gasteiger charge is -2.16. The maximum atomic E-state index is 11.7. The predicted molar refractivity (Wildman–Crippen MR) is 52.4 cm³/mol. The Hall–Kier alpha value is 0.400. The first-order valence-corrected chi connectivity index (χ1v) is 6.46. The minimum absolute atomic E-state index is 0.0264. The van der Waals surface area contributed by atoms with Gasteiger partial charge in [-0.05, 0) is 13.8 Å². The molecule has 0 aromatic heterocycles. The number of halogens is 1. The Balaban J connectivity index is 3.85. The fraction of sp³-hybridized carbons (Fsp3) is 1.00. The minimum Gasteiger partial charge on any atom is -0.368 e. The molecule has 0 amide bonds. The van der Waals surface area contributed by atoms with Crippen LogP contribution >= 0.6 is 19.2 Å². The van der Waals surface area contributed by atoms with Crippen LogP contribution in [0.2, 0.25) is 0 Å². The van der Waals surface area contributed by atoms with Crippen molar-refractivity contribution < 1.29 is 18.3 Å². The summed E-state index contributed by atoms with van der Waals surface area (Å²) in [5.74, 6) is 0.373. The summed E-state index contributed by atoms with van der Waals surface area (Å²) in [6, 6.07) is 0. The summed E-state index contributed by atoms with van der Waals surface area (Å²) in [5, 5.41) is 0. The molecule has 0 aliphatic carbocycles. The number of ether oxygens (including phenoxy) is 1. The van der Waals surface area contributed by atoms with E-state index in [-0.39, 0.29) is 6.35 Å². The molecule has 0 atom stereocenters. The molecule has 0 aromatic carbocycles. The molecule has 80 valence electrons. The Morgan fingerprint density at radius 2 is 1.77 bits per heavy atom. The fourth-order valence-corrected chi connectivity index (χ4v) is 2.21. The second-order valence-electron chi connectivity index (χ2n) is 2.17. The molecular weight excluding hydrogens is 214 g/mol. The average Bonchev–Trinajstić information content (AvgIpc) is 2.05. The molecule has 0 spiro atoms. The maximum absolute atomic E-state index is 11.7. The molecule has 4 nitrogen and oxygen atoms in total. The van der Waals surface area contributed by atoms with E-state index in [1.807, 2.05) is 0 Å². The van der Waals surface area contributed by atoms with Crippen LogP contribution in [0.5, 0.6) is 0 Å². The molecule has 0 bridgehead atoms. The van der Waals surface area contributed by atoms with Crippen molar-refractivity contribution in [2.45, 2.75) is 13.8 Å². The van der Waals surface area contributed by atoms with Crippen molar-refractivity contribution in [3.8, 4) is 0 Å². The first-order valence-electron chi connectivity index (χ1n) is 4.20. The van der Waals surface area contributed by atoms with Crippen LogP contribution < -0.4 is 0 Å². The minimum atomic E-state index is -3.03. The lowest BCUT2D eigenvalue weighted by atomic mass is 10.9. The highest BCUT2D eigenvalue weighted by Gasteiger charge is 2.23. The van der Waals surface area contributed by atoms with Gasteiger partial charge in [0.05, 0.1) is 19.8 Å². The van der Waals surface area contributed by atoms with Gasteiger partial charge in [0.1, 0.15) is 6.35 Å². The normalized spacial score (nSPS) is 11.9. The number of alkyl halides is 1. The van der Waals surface area contributed by atoms with Crippen LogP contribution in [0.15, 0.2) is 0 Å². The third kappa shape index (κ3) is 6.47. The summed E-state index contributed by atoms with van der Waals surface area (Å²) in [6.07, 6.45) is -0.0264. The molecule has 0 unspecified atom stereocenters. The zero-order chi connectivity index (χ0) is 10.2. The summed E-state index contributed by atoms with van der Waals surface area (Å²) < 4.78 is 26.6. The largest absolute Gasteiger partial charge is 0.368 e. The Morgan fingerprint density at radius 1 is 1.23 bits per heavy atom. The molecule has 0 aliphatic rings. The molecule has 0 radical (unpaired) electrons. The van der Waals surface area contributed by atoms with Gasteiger partial charge in [-0.3, -0.25) is 4.57 Å². The SMILES string of the molecule is CCOP(=O)(COCCCl)OCC. The van der Waals surface area contributed by atoms with E-state index in [4.69, 9.17) is 25.4 Å². The van der Waals surface area contributed by atoms with Gasteiger partial charge < -0.3 is 13.8 Å². The van der Waals surface area contributed by atoms with E-state index in [9.17, 15) is 4.57 Å². The molecule has 6 heteroatoms. The van der Waals surface area contributed by atoms with Crippen LogP contribution in [0.4, 0.5) is 0 Å². The monoisotopic (exact) mass is 230 g/mol. The summed E-state index contributed by atoms with van der Waals surface area (Å²) >= 11 is 5.39. The predicted octanol–water partition coefficient (Wildman–Crippen LogP) is 2.47. The van der Waals surface area contributed by atoms with E-state index in [2.05, 4.69) is 0 Å².